The summed E-state index contributed by atoms with van der Waals surface area (Å²) in [5.74, 6) is 0.680. The van der Waals surface area contributed by atoms with Crippen molar-refractivity contribution in [2.24, 2.45) is 5.92 Å². The maximum atomic E-state index is 6.20. The summed E-state index contributed by atoms with van der Waals surface area (Å²) in [6.07, 6.45) is 2.42. The van der Waals surface area contributed by atoms with Gasteiger partial charge >= 0.3 is 0 Å². The number of piperidine rings is 1. The summed E-state index contributed by atoms with van der Waals surface area (Å²) in [4.78, 5) is 2.52. The van der Waals surface area contributed by atoms with Gasteiger partial charge in [-0.3, -0.25) is 9.58 Å². The van der Waals surface area contributed by atoms with Gasteiger partial charge in [0.25, 0.3) is 0 Å². The Labute approximate surface area is 129 Å². The number of alkyl halides is 1. The molecule has 0 spiro atoms. The first-order valence-corrected chi connectivity index (χ1v) is 8.34. The lowest BCUT2D eigenvalue weighted by atomic mass is 9.94. The normalized spacial score (nSPS) is 19.8. The molecule has 1 unspecified atom stereocenters. The van der Waals surface area contributed by atoms with E-state index in [1.807, 2.05) is 0 Å². The van der Waals surface area contributed by atoms with Gasteiger partial charge in [-0.05, 0) is 68.6 Å². The predicted molar refractivity (Wildman–Crippen MR) is 83.7 cm³/mol. The van der Waals surface area contributed by atoms with Crippen LogP contribution in [-0.2, 0) is 13.1 Å². The molecule has 1 aliphatic rings. The van der Waals surface area contributed by atoms with Gasteiger partial charge in [-0.15, -0.1) is 11.6 Å². The highest BCUT2D eigenvalue weighted by Gasteiger charge is 2.24. The lowest BCUT2D eigenvalue weighted by Crippen LogP contribution is -2.36. The standard InChI is InChI=1S/C14H23BrClN3/c1-4-19-13(14(15)11(3)17-19)9-18-7-5-12(6-8-18)10(2)16/h10,12H,4-9H2,1-3H3. The number of aryl methyl sites for hydroxylation is 2. The van der Waals surface area contributed by atoms with E-state index in [4.69, 9.17) is 11.6 Å². The van der Waals surface area contributed by atoms with Gasteiger partial charge in [0.05, 0.1) is 15.9 Å². The van der Waals surface area contributed by atoms with Gasteiger partial charge in [-0.1, -0.05) is 0 Å². The zero-order valence-electron chi connectivity index (χ0n) is 12.0. The first-order chi connectivity index (χ1) is 9.02. The molecule has 0 saturated carbocycles. The number of hydrogen-bond donors (Lipinski definition) is 0. The molecule has 0 amide bonds. The Balaban J connectivity index is 1.99. The molecular weight excluding hydrogens is 326 g/mol. The highest BCUT2D eigenvalue weighted by atomic mass is 79.9. The van der Waals surface area contributed by atoms with E-state index in [9.17, 15) is 0 Å². The van der Waals surface area contributed by atoms with E-state index in [0.717, 1.165) is 31.9 Å². The van der Waals surface area contributed by atoms with Crippen molar-refractivity contribution < 1.29 is 0 Å². The molecule has 108 valence electrons. The predicted octanol–water partition coefficient (Wildman–Crippen LogP) is 3.81. The van der Waals surface area contributed by atoms with Gasteiger partial charge < -0.3 is 0 Å². The van der Waals surface area contributed by atoms with Crippen LogP contribution >= 0.6 is 27.5 Å². The van der Waals surface area contributed by atoms with E-state index >= 15 is 0 Å². The first kappa shape index (κ1) is 15.3. The monoisotopic (exact) mass is 347 g/mol. The number of aromatic nitrogens is 2. The maximum absolute atomic E-state index is 6.20. The summed E-state index contributed by atoms with van der Waals surface area (Å²) in [6.45, 7) is 10.5. The van der Waals surface area contributed by atoms with Crippen LogP contribution in [0, 0.1) is 12.8 Å². The number of hydrogen-bond acceptors (Lipinski definition) is 2. The topological polar surface area (TPSA) is 21.1 Å². The van der Waals surface area contributed by atoms with Gasteiger partial charge in [-0.2, -0.15) is 5.10 Å². The van der Waals surface area contributed by atoms with Gasteiger partial charge in [0.1, 0.15) is 0 Å². The van der Waals surface area contributed by atoms with Gasteiger partial charge in [0.2, 0.25) is 0 Å². The minimum absolute atomic E-state index is 0.303. The molecule has 2 heterocycles. The fraction of sp³-hybridized carbons (Fsp3) is 0.786. The van der Waals surface area contributed by atoms with E-state index in [-0.39, 0.29) is 0 Å². The van der Waals surface area contributed by atoms with Crippen LogP contribution < -0.4 is 0 Å². The van der Waals surface area contributed by atoms with Gasteiger partial charge in [0.15, 0.2) is 0 Å². The fourth-order valence-electron chi connectivity index (χ4n) is 2.80. The Kier molecular flexibility index (Phi) is 5.32. The molecule has 0 bridgehead atoms. The average molecular weight is 349 g/mol. The highest BCUT2D eigenvalue weighted by molar-refractivity contribution is 9.10. The Morgan fingerprint density at radius 1 is 1.42 bits per heavy atom. The largest absolute Gasteiger partial charge is 0.297 e. The van der Waals surface area contributed by atoms with Gasteiger partial charge in [-0.25, -0.2) is 0 Å². The molecule has 1 atom stereocenters. The van der Waals surface area contributed by atoms with Crippen LogP contribution in [0.1, 0.15) is 38.1 Å². The quantitative estimate of drug-likeness (QED) is 0.771. The smallest absolute Gasteiger partial charge is 0.0739 e. The van der Waals surface area contributed by atoms with Crippen LogP contribution in [-0.4, -0.2) is 33.1 Å². The first-order valence-electron chi connectivity index (χ1n) is 7.11. The molecule has 1 aromatic heterocycles. The number of nitrogens with zero attached hydrogens (tertiary/aromatic N) is 3. The molecule has 2 rings (SSSR count). The van der Waals surface area contributed by atoms with Crippen molar-refractivity contribution in [2.75, 3.05) is 13.1 Å². The zero-order valence-corrected chi connectivity index (χ0v) is 14.3. The van der Waals surface area contributed by atoms with Crippen LogP contribution in [0.25, 0.3) is 0 Å². The zero-order chi connectivity index (χ0) is 14.0. The van der Waals surface area contributed by atoms with Crippen LogP contribution in [0.4, 0.5) is 0 Å². The fourth-order valence-corrected chi connectivity index (χ4v) is 3.46. The molecule has 0 aromatic carbocycles. The van der Waals surface area contributed by atoms with Crippen molar-refractivity contribution in [3.8, 4) is 0 Å². The minimum atomic E-state index is 0.303. The average Bonchev–Trinajstić information content (AvgIpc) is 2.67. The Morgan fingerprint density at radius 3 is 2.58 bits per heavy atom. The van der Waals surface area contributed by atoms with Crippen LogP contribution in [0.15, 0.2) is 4.47 Å². The van der Waals surface area contributed by atoms with Crippen molar-refractivity contribution in [3.05, 3.63) is 15.9 Å². The lowest BCUT2D eigenvalue weighted by Gasteiger charge is -2.33. The number of likely N-dealkylation sites (tertiary alicyclic amines) is 1. The second kappa shape index (κ2) is 6.59. The third-order valence-electron chi connectivity index (χ3n) is 4.11. The van der Waals surface area contributed by atoms with E-state index < -0.39 is 0 Å². The highest BCUT2D eigenvalue weighted by Crippen LogP contribution is 2.27. The van der Waals surface area contributed by atoms with Crippen LogP contribution in [0.3, 0.4) is 0 Å². The molecule has 5 heteroatoms. The molecule has 1 fully saturated rings. The third-order valence-corrected chi connectivity index (χ3v) is 5.50. The van der Waals surface area contributed by atoms with E-state index in [0.29, 0.717) is 11.3 Å². The summed E-state index contributed by atoms with van der Waals surface area (Å²) in [6, 6.07) is 0. The summed E-state index contributed by atoms with van der Waals surface area (Å²) in [7, 11) is 0. The van der Waals surface area contributed by atoms with E-state index in [2.05, 4.69) is 51.4 Å². The number of halogens is 2. The summed E-state index contributed by atoms with van der Waals surface area (Å²) < 4.78 is 3.28. The molecule has 1 aliphatic heterocycles. The molecule has 0 N–H and O–H groups in total. The SMILES string of the molecule is CCn1nc(C)c(Br)c1CN1CCC(C(C)Cl)CC1. The summed E-state index contributed by atoms with van der Waals surface area (Å²) in [5, 5.41) is 4.86. The molecule has 3 nitrogen and oxygen atoms in total. The molecule has 1 saturated heterocycles. The molecule has 0 radical (unpaired) electrons. The maximum Gasteiger partial charge on any atom is 0.0739 e. The van der Waals surface area contributed by atoms with Crippen LogP contribution in [0.5, 0.6) is 0 Å². The molecule has 1 aromatic rings. The summed E-state index contributed by atoms with van der Waals surface area (Å²) in [5.41, 5.74) is 2.39. The molecular formula is C14H23BrClN3. The van der Waals surface area contributed by atoms with Crippen molar-refractivity contribution in [1.82, 2.24) is 14.7 Å². The second-order valence-electron chi connectivity index (χ2n) is 5.45. The van der Waals surface area contributed by atoms with Gasteiger partial charge in [0, 0.05) is 18.5 Å². The number of rotatable bonds is 4. The van der Waals surface area contributed by atoms with Crippen molar-refractivity contribution in [1.29, 1.82) is 0 Å². The lowest BCUT2D eigenvalue weighted by molar-refractivity contribution is 0.172. The Morgan fingerprint density at radius 2 is 2.05 bits per heavy atom. The second-order valence-corrected chi connectivity index (χ2v) is 6.93. The van der Waals surface area contributed by atoms with Crippen LogP contribution in [0.2, 0.25) is 0 Å². The van der Waals surface area contributed by atoms with E-state index in [1.54, 1.807) is 0 Å². The summed E-state index contributed by atoms with van der Waals surface area (Å²) >= 11 is 9.87. The van der Waals surface area contributed by atoms with Crippen molar-refractivity contribution in [3.63, 3.8) is 0 Å². The van der Waals surface area contributed by atoms with Crippen molar-refractivity contribution >= 4 is 27.5 Å². The third kappa shape index (κ3) is 3.53. The van der Waals surface area contributed by atoms with E-state index in [1.165, 1.54) is 23.0 Å². The Hall–Kier alpha value is -0.0600. The van der Waals surface area contributed by atoms with Crippen molar-refractivity contribution in [2.45, 2.75) is 52.1 Å². The molecule has 0 aliphatic carbocycles. The Bertz CT molecular complexity index is 423. The molecule has 19 heavy (non-hydrogen) atoms. The minimum Gasteiger partial charge on any atom is -0.297 e.